The Morgan fingerprint density at radius 2 is 1.92 bits per heavy atom. The molecule has 2 aliphatic heterocycles. The molecule has 2 atom stereocenters. The second kappa shape index (κ2) is 11.0. The summed E-state index contributed by atoms with van der Waals surface area (Å²) in [6.07, 6.45) is 4.57. The maximum absolute atomic E-state index is 12.5. The molecule has 1 aromatic carbocycles. The lowest BCUT2D eigenvalue weighted by atomic mass is 9.89. The van der Waals surface area contributed by atoms with Gasteiger partial charge in [-0.3, -0.25) is 9.88 Å². The molecule has 0 bridgehead atoms. The summed E-state index contributed by atoms with van der Waals surface area (Å²) >= 11 is 0. The highest BCUT2D eigenvalue weighted by atomic mass is 16.6. The Morgan fingerprint density at radius 3 is 2.64 bits per heavy atom. The summed E-state index contributed by atoms with van der Waals surface area (Å²) in [4.78, 5) is 35.2. The molecule has 3 aliphatic rings. The molecule has 39 heavy (non-hydrogen) atoms. The van der Waals surface area contributed by atoms with Crippen molar-refractivity contribution in [2.24, 2.45) is 0 Å². The zero-order valence-electron chi connectivity index (χ0n) is 23.6. The summed E-state index contributed by atoms with van der Waals surface area (Å²) in [5.74, 6) is 0. The van der Waals surface area contributed by atoms with Gasteiger partial charge in [-0.05, 0) is 81.7 Å². The quantitative estimate of drug-likeness (QED) is 0.594. The highest BCUT2D eigenvalue weighted by molar-refractivity contribution is 5.70. The molecule has 2 N–H and O–H groups in total. The van der Waals surface area contributed by atoms with Gasteiger partial charge >= 0.3 is 12.2 Å². The van der Waals surface area contributed by atoms with Crippen LogP contribution in [0.1, 0.15) is 67.6 Å². The zero-order chi connectivity index (χ0) is 27.7. The number of anilines is 1. The molecule has 9 nitrogen and oxygen atoms in total. The van der Waals surface area contributed by atoms with Crippen molar-refractivity contribution in [1.29, 1.82) is 0 Å². The van der Waals surface area contributed by atoms with Crippen LogP contribution in [0.4, 0.5) is 15.3 Å². The maximum Gasteiger partial charge on any atom is 0.410 e. The van der Waals surface area contributed by atoms with Crippen molar-refractivity contribution in [3.05, 3.63) is 58.4 Å². The van der Waals surface area contributed by atoms with Crippen LogP contribution < -0.4 is 10.2 Å². The fraction of sp³-hybridized carbons (Fsp3) is 0.567. The lowest BCUT2D eigenvalue weighted by Gasteiger charge is -2.41. The number of aromatic nitrogens is 1. The molecule has 210 valence electrons. The summed E-state index contributed by atoms with van der Waals surface area (Å²) in [6.45, 7) is 11.3. The van der Waals surface area contributed by atoms with E-state index in [9.17, 15) is 14.7 Å². The third kappa shape index (κ3) is 6.13. The SMILES string of the molecule is Cc1cnc2c(c1)CCC[C@@H]2NCC1Cc2c(cccc2N2CCN(C(=O)OC(C)(C)C)CC2)CN1C(=O)O. The van der Waals surface area contributed by atoms with E-state index in [-0.39, 0.29) is 18.2 Å². The molecule has 5 rings (SSSR count). The second-order valence-corrected chi connectivity index (χ2v) is 12.0. The Bertz CT molecular complexity index is 1220. The Morgan fingerprint density at radius 1 is 1.15 bits per heavy atom. The first-order valence-corrected chi connectivity index (χ1v) is 14.1. The Balaban J connectivity index is 1.29. The molecular formula is C30H41N5O4. The number of carbonyl (C=O) groups is 2. The minimum absolute atomic E-state index is 0.141. The monoisotopic (exact) mass is 535 g/mol. The number of fused-ring (bicyclic) bond motifs is 2. The molecule has 1 saturated heterocycles. The van der Waals surface area contributed by atoms with Crippen LogP contribution in [0, 0.1) is 6.92 Å². The van der Waals surface area contributed by atoms with Crippen LogP contribution in [-0.4, -0.2) is 76.4 Å². The number of nitrogens with zero attached hydrogens (tertiary/aromatic N) is 4. The molecule has 0 spiro atoms. The van der Waals surface area contributed by atoms with Gasteiger partial charge < -0.3 is 25.0 Å². The number of carbonyl (C=O) groups excluding carboxylic acids is 1. The number of aryl methyl sites for hydroxylation is 2. The van der Waals surface area contributed by atoms with Crippen molar-refractivity contribution < 1.29 is 19.4 Å². The molecule has 2 amide bonds. The van der Waals surface area contributed by atoms with Gasteiger partial charge in [-0.2, -0.15) is 0 Å². The van der Waals surface area contributed by atoms with Gasteiger partial charge in [0.25, 0.3) is 0 Å². The van der Waals surface area contributed by atoms with Gasteiger partial charge in [0.1, 0.15) is 5.60 Å². The molecule has 0 saturated carbocycles. The Labute approximate surface area is 231 Å². The number of ether oxygens (including phenoxy) is 1. The van der Waals surface area contributed by atoms with Crippen LogP contribution in [0.2, 0.25) is 0 Å². The minimum atomic E-state index is -0.887. The highest BCUT2D eigenvalue weighted by Gasteiger charge is 2.34. The number of piperazine rings is 1. The third-order valence-corrected chi connectivity index (χ3v) is 7.99. The molecule has 1 fully saturated rings. The first kappa shape index (κ1) is 27.2. The maximum atomic E-state index is 12.5. The Hall–Kier alpha value is -3.33. The topological polar surface area (TPSA) is 98.2 Å². The van der Waals surface area contributed by atoms with E-state index >= 15 is 0 Å². The summed E-state index contributed by atoms with van der Waals surface area (Å²) in [7, 11) is 0. The number of pyridine rings is 1. The molecule has 1 unspecified atom stereocenters. The number of carboxylic acid groups (broad SMARTS) is 1. The van der Waals surface area contributed by atoms with Gasteiger partial charge in [-0.1, -0.05) is 18.2 Å². The fourth-order valence-electron chi connectivity index (χ4n) is 6.09. The average Bonchev–Trinajstić information content (AvgIpc) is 2.89. The second-order valence-electron chi connectivity index (χ2n) is 12.0. The Kier molecular flexibility index (Phi) is 7.71. The van der Waals surface area contributed by atoms with E-state index in [0.717, 1.165) is 36.2 Å². The van der Waals surface area contributed by atoms with Crippen LogP contribution in [0.15, 0.2) is 30.5 Å². The van der Waals surface area contributed by atoms with Crippen molar-refractivity contribution >= 4 is 17.9 Å². The van der Waals surface area contributed by atoms with Gasteiger partial charge in [0.05, 0.1) is 11.7 Å². The molecule has 0 radical (unpaired) electrons. The van der Waals surface area contributed by atoms with Gasteiger partial charge in [0, 0.05) is 57.2 Å². The van der Waals surface area contributed by atoms with Crippen molar-refractivity contribution in [2.45, 2.75) is 77.6 Å². The smallest absolute Gasteiger partial charge is 0.410 e. The summed E-state index contributed by atoms with van der Waals surface area (Å²) in [5.41, 5.74) is 6.48. The summed E-state index contributed by atoms with van der Waals surface area (Å²) in [5, 5.41) is 13.7. The molecule has 3 heterocycles. The number of rotatable bonds is 4. The van der Waals surface area contributed by atoms with Crippen LogP contribution in [0.25, 0.3) is 0 Å². The first-order valence-electron chi connectivity index (χ1n) is 14.1. The van der Waals surface area contributed by atoms with Gasteiger partial charge in [0.2, 0.25) is 0 Å². The van der Waals surface area contributed by atoms with Crippen molar-refractivity contribution in [3.8, 4) is 0 Å². The molecule has 9 heteroatoms. The van der Waals surface area contributed by atoms with Crippen molar-refractivity contribution in [3.63, 3.8) is 0 Å². The van der Waals surface area contributed by atoms with Crippen LogP contribution in [-0.2, 0) is 24.1 Å². The van der Waals surface area contributed by atoms with E-state index in [0.29, 0.717) is 45.7 Å². The number of nitrogens with one attached hydrogen (secondary N) is 1. The molecular weight excluding hydrogens is 494 g/mol. The van der Waals surface area contributed by atoms with Crippen LogP contribution in [0.5, 0.6) is 0 Å². The lowest BCUT2D eigenvalue weighted by Crippen LogP contribution is -2.51. The normalized spacial score (nSPS) is 21.3. The fourth-order valence-corrected chi connectivity index (χ4v) is 6.09. The van der Waals surface area contributed by atoms with E-state index in [4.69, 9.17) is 9.72 Å². The summed E-state index contributed by atoms with van der Waals surface area (Å²) in [6, 6.07) is 8.38. The van der Waals surface area contributed by atoms with Gasteiger partial charge in [0.15, 0.2) is 0 Å². The van der Waals surface area contributed by atoms with E-state index < -0.39 is 11.7 Å². The van der Waals surface area contributed by atoms with Crippen molar-refractivity contribution in [2.75, 3.05) is 37.6 Å². The van der Waals surface area contributed by atoms with Gasteiger partial charge in [-0.15, -0.1) is 0 Å². The number of hydrogen-bond donors (Lipinski definition) is 2. The predicted molar refractivity (Wildman–Crippen MR) is 150 cm³/mol. The lowest BCUT2D eigenvalue weighted by molar-refractivity contribution is 0.0240. The van der Waals surface area contributed by atoms with E-state index in [1.54, 1.807) is 9.80 Å². The largest absolute Gasteiger partial charge is 0.465 e. The molecule has 1 aromatic heterocycles. The third-order valence-electron chi connectivity index (χ3n) is 7.99. The van der Waals surface area contributed by atoms with Crippen LogP contribution in [0.3, 0.4) is 0 Å². The summed E-state index contributed by atoms with van der Waals surface area (Å²) < 4.78 is 5.56. The highest BCUT2D eigenvalue weighted by Crippen LogP contribution is 2.33. The van der Waals surface area contributed by atoms with Crippen LogP contribution >= 0.6 is 0 Å². The van der Waals surface area contributed by atoms with Crippen molar-refractivity contribution in [1.82, 2.24) is 20.1 Å². The standard InChI is InChI=1S/C30H41N5O4/c1-20-15-21-7-5-9-25(27(21)32-17-20)31-18-23-16-24-22(19-35(23)28(36)37)8-6-10-26(24)33-11-13-34(14-12-33)29(38)39-30(2,3)4/h6,8,10,15,17,23,25,31H,5,7,9,11-14,16,18-19H2,1-4H3,(H,36,37)/t23?,25-/m0/s1. The van der Waals surface area contributed by atoms with E-state index in [1.165, 1.54) is 16.7 Å². The average molecular weight is 536 g/mol. The number of benzene rings is 1. The number of hydrogen-bond acceptors (Lipinski definition) is 6. The first-order chi connectivity index (χ1) is 18.6. The van der Waals surface area contributed by atoms with E-state index in [2.05, 4.69) is 29.3 Å². The molecule has 1 aliphatic carbocycles. The zero-order valence-corrected chi connectivity index (χ0v) is 23.6. The van der Waals surface area contributed by atoms with Gasteiger partial charge in [-0.25, -0.2) is 9.59 Å². The number of amides is 2. The minimum Gasteiger partial charge on any atom is -0.465 e. The van der Waals surface area contributed by atoms with E-state index in [1.807, 2.05) is 39.1 Å². The molecule has 2 aromatic rings. The predicted octanol–water partition coefficient (Wildman–Crippen LogP) is 4.52.